The molecule has 2 aromatic rings. The highest BCUT2D eigenvalue weighted by Gasteiger charge is 2.29. The Hall–Kier alpha value is -3.60. The van der Waals surface area contributed by atoms with Crippen molar-refractivity contribution in [2.24, 2.45) is 28.1 Å². The molecule has 1 heterocycles. The molecule has 1 aromatic heterocycles. The summed E-state index contributed by atoms with van der Waals surface area (Å²) in [5, 5.41) is 15.9. The van der Waals surface area contributed by atoms with Crippen molar-refractivity contribution in [3.05, 3.63) is 36.0 Å². The molecule has 0 radical (unpaired) electrons. The fourth-order valence-corrected chi connectivity index (χ4v) is 3.62. The van der Waals surface area contributed by atoms with Crippen LogP contribution in [-0.2, 0) is 20.8 Å². The van der Waals surface area contributed by atoms with Crippen molar-refractivity contribution >= 4 is 34.6 Å². The van der Waals surface area contributed by atoms with Crippen LogP contribution in [0.3, 0.4) is 0 Å². The van der Waals surface area contributed by atoms with E-state index in [2.05, 4.69) is 20.6 Å². The molecule has 2 amide bonds. The summed E-state index contributed by atoms with van der Waals surface area (Å²) in [6, 6.07) is 4.60. The van der Waals surface area contributed by atoms with Crippen LogP contribution < -0.4 is 27.8 Å². The number of carbonyl (C=O) groups excluding carboxylic acids is 2. The molecule has 0 aliphatic rings. The molecule has 1 aromatic carbocycles. The average molecular weight is 474 g/mol. The number of aromatic amines is 1. The smallest absolute Gasteiger partial charge is 0.326 e. The number of fused-ring (bicyclic) bond motifs is 1. The molecule has 0 saturated heterocycles. The first-order chi connectivity index (χ1) is 16.1. The lowest BCUT2D eigenvalue weighted by atomic mass is 10.0. The molecule has 3 atom stereocenters. The second-order valence-electron chi connectivity index (χ2n) is 8.71. The summed E-state index contributed by atoms with van der Waals surface area (Å²) < 4.78 is 0. The fourth-order valence-electron chi connectivity index (χ4n) is 3.62. The van der Waals surface area contributed by atoms with Crippen LogP contribution in [0.2, 0.25) is 0 Å². The molecule has 2 rings (SSSR count). The average Bonchev–Trinajstić information content (AvgIpc) is 3.17. The van der Waals surface area contributed by atoms with Crippen LogP contribution in [0, 0.1) is 5.92 Å². The number of aliphatic imine (C=N–C) groups is 1. The summed E-state index contributed by atoms with van der Waals surface area (Å²) in [5.74, 6) is -2.18. The molecule has 186 valence electrons. The molecule has 10 N–H and O–H groups in total. The van der Waals surface area contributed by atoms with Crippen molar-refractivity contribution in [3.63, 3.8) is 0 Å². The quantitative estimate of drug-likeness (QED) is 0.122. The number of carbonyl (C=O) groups is 3. The number of hydrogen-bond donors (Lipinski definition) is 7. The van der Waals surface area contributed by atoms with Gasteiger partial charge in [-0.15, -0.1) is 0 Å². The molecule has 11 heteroatoms. The van der Waals surface area contributed by atoms with E-state index in [-0.39, 0.29) is 18.3 Å². The van der Waals surface area contributed by atoms with Crippen LogP contribution in [0.25, 0.3) is 10.9 Å². The Morgan fingerprint density at radius 2 is 1.76 bits per heavy atom. The van der Waals surface area contributed by atoms with E-state index in [9.17, 15) is 19.5 Å². The number of carboxylic acid groups (broad SMARTS) is 1. The molecule has 0 aliphatic carbocycles. The van der Waals surface area contributed by atoms with Crippen LogP contribution in [0.4, 0.5) is 0 Å². The van der Waals surface area contributed by atoms with Crippen molar-refractivity contribution < 1.29 is 19.5 Å². The van der Waals surface area contributed by atoms with Crippen LogP contribution in [0.15, 0.2) is 35.5 Å². The molecule has 0 aliphatic heterocycles. The Balaban J connectivity index is 2.04. The lowest BCUT2D eigenvalue weighted by Gasteiger charge is -2.24. The Labute approximate surface area is 198 Å². The molecule has 0 bridgehead atoms. The highest BCUT2D eigenvalue weighted by molar-refractivity contribution is 5.92. The standard InChI is InChI=1S/C23H35N7O4/c1-13(2)10-18(29-20(31)16(24)7-5-9-27-23(25)26)21(32)30-19(22(33)34)11-14-12-28-17-8-4-3-6-15(14)17/h3-4,6,8,12-13,16,18-19,28H,5,7,9-11,24H2,1-2H3,(H,29,31)(H,30,32)(H,33,34)(H4,25,26,27)/t16-,18-,19-/m0/s1. The molecule has 0 saturated carbocycles. The SMILES string of the molecule is CC(C)C[C@H](NC(=O)[C@@H](N)CCCN=C(N)N)C(=O)N[C@@H](Cc1c[nH]c2ccccc12)C(=O)O. The molecule has 0 fully saturated rings. The number of amides is 2. The maximum absolute atomic E-state index is 13.0. The summed E-state index contributed by atoms with van der Waals surface area (Å²) in [7, 11) is 0. The van der Waals surface area contributed by atoms with Crippen molar-refractivity contribution in [2.45, 2.75) is 57.7 Å². The van der Waals surface area contributed by atoms with Gasteiger partial charge in [-0.1, -0.05) is 32.0 Å². The molecule has 11 nitrogen and oxygen atoms in total. The topological polar surface area (TPSA) is 202 Å². The Morgan fingerprint density at radius 3 is 2.41 bits per heavy atom. The first-order valence-electron chi connectivity index (χ1n) is 11.3. The van der Waals surface area contributed by atoms with Gasteiger partial charge in [0, 0.05) is 30.1 Å². The van der Waals surface area contributed by atoms with Crippen LogP contribution in [0.1, 0.15) is 38.7 Å². The predicted molar refractivity (Wildman–Crippen MR) is 131 cm³/mol. The summed E-state index contributed by atoms with van der Waals surface area (Å²) in [6.07, 6.45) is 2.99. The van der Waals surface area contributed by atoms with Crippen molar-refractivity contribution in [1.82, 2.24) is 15.6 Å². The normalized spacial score (nSPS) is 13.8. The number of carboxylic acids is 1. The van der Waals surface area contributed by atoms with Gasteiger partial charge in [0.15, 0.2) is 5.96 Å². The van der Waals surface area contributed by atoms with Gasteiger partial charge in [0.05, 0.1) is 6.04 Å². The molecule has 0 unspecified atom stereocenters. The Morgan fingerprint density at radius 1 is 1.09 bits per heavy atom. The number of para-hydroxylation sites is 1. The lowest BCUT2D eigenvalue weighted by Crippen LogP contribution is -2.55. The number of hydrogen-bond acceptors (Lipinski definition) is 5. The second-order valence-corrected chi connectivity index (χ2v) is 8.71. The summed E-state index contributed by atoms with van der Waals surface area (Å²) in [4.78, 5) is 44.4. The number of rotatable bonds is 13. The molecule has 0 spiro atoms. The van der Waals surface area contributed by atoms with Crippen LogP contribution in [-0.4, -0.2) is 58.5 Å². The monoisotopic (exact) mass is 473 g/mol. The van der Waals surface area contributed by atoms with Gasteiger partial charge < -0.3 is 37.9 Å². The first-order valence-corrected chi connectivity index (χ1v) is 11.3. The van der Waals surface area contributed by atoms with Gasteiger partial charge in [0.2, 0.25) is 11.8 Å². The maximum atomic E-state index is 13.0. The van der Waals surface area contributed by atoms with Crippen molar-refractivity contribution in [2.75, 3.05) is 6.54 Å². The van der Waals surface area contributed by atoms with Gasteiger partial charge in [-0.3, -0.25) is 14.6 Å². The third-order valence-electron chi connectivity index (χ3n) is 5.36. The maximum Gasteiger partial charge on any atom is 0.326 e. The van der Waals surface area contributed by atoms with Gasteiger partial charge in [0.1, 0.15) is 12.1 Å². The number of aliphatic carboxylic acids is 1. The van der Waals surface area contributed by atoms with Crippen molar-refractivity contribution in [1.29, 1.82) is 0 Å². The highest BCUT2D eigenvalue weighted by atomic mass is 16.4. The van der Waals surface area contributed by atoms with E-state index in [0.717, 1.165) is 16.5 Å². The minimum atomic E-state index is -1.16. The third kappa shape index (κ3) is 8.07. The number of aromatic nitrogens is 1. The van der Waals surface area contributed by atoms with Gasteiger partial charge in [-0.25, -0.2) is 4.79 Å². The number of benzene rings is 1. The van der Waals surface area contributed by atoms with Gasteiger partial charge >= 0.3 is 5.97 Å². The minimum absolute atomic E-state index is 0.0349. The predicted octanol–water partition coefficient (Wildman–Crippen LogP) is 0.192. The van der Waals surface area contributed by atoms with Gasteiger partial charge in [-0.05, 0) is 36.8 Å². The van der Waals surface area contributed by atoms with Gasteiger partial charge in [-0.2, -0.15) is 0 Å². The number of nitrogens with two attached hydrogens (primary N) is 3. The molecular weight excluding hydrogens is 438 g/mol. The highest BCUT2D eigenvalue weighted by Crippen LogP contribution is 2.19. The Bertz CT molecular complexity index is 1010. The number of nitrogens with one attached hydrogen (secondary N) is 3. The van der Waals surface area contributed by atoms with E-state index in [4.69, 9.17) is 17.2 Å². The van der Waals surface area contributed by atoms with E-state index in [1.807, 2.05) is 38.1 Å². The van der Waals surface area contributed by atoms with E-state index >= 15 is 0 Å². The van der Waals surface area contributed by atoms with Crippen LogP contribution in [0.5, 0.6) is 0 Å². The first kappa shape index (κ1) is 26.7. The van der Waals surface area contributed by atoms with E-state index < -0.39 is 35.9 Å². The lowest BCUT2D eigenvalue weighted by molar-refractivity contribution is -0.142. The summed E-state index contributed by atoms with van der Waals surface area (Å²) in [5.41, 5.74) is 18.2. The minimum Gasteiger partial charge on any atom is -0.480 e. The number of guanidine groups is 1. The number of H-pyrrole nitrogens is 1. The zero-order valence-electron chi connectivity index (χ0n) is 19.6. The fraction of sp³-hybridized carbons (Fsp3) is 0.478. The van der Waals surface area contributed by atoms with Gasteiger partial charge in [0.25, 0.3) is 0 Å². The molecular formula is C23H35N7O4. The van der Waals surface area contributed by atoms with Crippen LogP contribution >= 0.6 is 0 Å². The van der Waals surface area contributed by atoms with E-state index in [0.29, 0.717) is 25.8 Å². The number of nitrogens with zero attached hydrogens (tertiary/aromatic N) is 1. The summed E-state index contributed by atoms with van der Waals surface area (Å²) in [6.45, 7) is 4.15. The van der Waals surface area contributed by atoms with E-state index in [1.165, 1.54) is 0 Å². The third-order valence-corrected chi connectivity index (χ3v) is 5.36. The molecule has 34 heavy (non-hydrogen) atoms. The Kier molecular flexibility index (Phi) is 9.87. The zero-order chi connectivity index (χ0) is 25.3. The zero-order valence-corrected chi connectivity index (χ0v) is 19.6. The van der Waals surface area contributed by atoms with Crippen molar-refractivity contribution in [3.8, 4) is 0 Å². The second kappa shape index (κ2) is 12.6. The summed E-state index contributed by atoms with van der Waals surface area (Å²) >= 11 is 0. The van der Waals surface area contributed by atoms with E-state index in [1.54, 1.807) is 6.20 Å². The largest absolute Gasteiger partial charge is 0.480 e.